The molecule has 2 heteroatoms. The Balaban J connectivity index is 1.78. The minimum Gasteiger partial charge on any atom is -0.314 e. The van der Waals surface area contributed by atoms with Crippen LogP contribution in [0.1, 0.15) is 60.4 Å². The van der Waals surface area contributed by atoms with Crippen LogP contribution in [-0.2, 0) is 24.2 Å². The standard InChI is InChI=1S/C26H36NO/c1-4-23-16-21(2)26(22(3)17-23)18-25(28)20-27(14-10-5-6-11-15-27)19-24-12-8-7-9-13-24/h7-9,12-13,16-17H,4-6,10-11,14-15,18-20H2,1-3H3/q+1. The molecule has 0 amide bonds. The normalized spacial score (nSPS) is 16.5. The van der Waals surface area contributed by atoms with E-state index >= 15 is 0 Å². The lowest BCUT2D eigenvalue weighted by atomic mass is 9.94. The van der Waals surface area contributed by atoms with Gasteiger partial charge < -0.3 is 4.48 Å². The number of quaternary nitrogens is 1. The van der Waals surface area contributed by atoms with Crippen LogP contribution in [0.15, 0.2) is 42.5 Å². The molecule has 0 aromatic heterocycles. The molecule has 0 atom stereocenters. The van der Waals surface area contributed by atoms with E-state index in [2.05, 4.69) is 63.2 Å². The highest BCUT2D eigenvalue weighted by Crippen LogP contribution is 2.24. The summed E-state index contributed by atoms with van der Waals surface area (Å²) in [5.74, 6) is 0.397. The van der Waals surface area contributed by atoms with Crippen molar-refractivity contribution in [1.29, 1.82) is 0 Å². The molecule has 1 saturated heterocycles. The first-order valence-electron chi connectivity index (χ1n) is 11.0. The molecule has 0 saturated carbocycles. The Morgan fingerprint density at radius 1 is 0.893 bits per heavy atom. The maximum Gasteiger partial charge on any atom is 0.191 e. The van der Waals surface area contributed by atoms with Gasteiger partial charge in [0.15, 0.2) is 5.78 Å². The Bertz CT molecular complexity index is 762. The second kappa shape index (κ2) is 9.52. The predicted octanol–water partition coefficient (Wildman–Crippen LogP) is 5.57. The van der Waals surface area contributed by atoms with Gasteiger partial charge in [0, 0.05) is 12.0 Å². The molecule has 2 aromatic carbocycles. The van der Waals surface area contributed by atoms with E-state index in [0.29, 0.717) is 18.7 Å². The smallest absolute Gasteiger partial charge is 0.191 e. The van der Waals surface area contributed by atoms with Crippen molar-refractivity contribution < 1.29 is 9.28 Å². The zero-order valence-electron chi connectivity index (χ0n) is 18.0. The van der Waals surface area contributed by atoms with Crippen LogP contribution in [0.4, 0.5) is 0 Å². The van der Waals surface area contributed by atoms with E-state index in [4.69, 9.17) is 0 Å². The van der Waals surface area contributed by atoms with Crippen LogP contribution in [0.3, 0.4) is 0 Å². The largest absolute Gasteiger partial charge is 0.314 e. The van der Waals surface area contributed by atoms with E-state index in [-0.39, 0.29) is 0 Å². The van der Waals surface area contributed by atoms with Crippen LogP contribution in [0, 0.1) is 13.8 Å². The molecule has 0 bridgehead atoms. The van der Waals surface area contributed by atoms with Crippen molar-refractivity contribution in [3.05, 3.63) is 70.3 Å². The van der Waals surface area contributed by atoms with Crippen molar-refractivity contribution in [2.45, 2.75) is 65.8 Å². The van der Waals surface area contributed by atoms with Crippen molar-refractivity contribution in [2.75, 3.05) is 19.6 Å². The lowest BCUT2D eigenvalue weighted by molar-refractivity contribution is -0.932. The molecule has 1 heterocycles. The fourth-order valence-corrected chi connectivity index (χ4v) is 4.90. The number of nitrogens with zero attached hydrogens (tertiary/aromatic N) is 1. The summed E-state index contributed by atoms with van der Waals surface area (Å²) in [5, 5.41) is 0. The van der Waals surface area contributed by atoms with E-state index in [1.807, 2.05) is 0 Å². The summed E-state index contributed by atoms with van der Waals surface area (Å²) in [4.78, 5) is 13.2. The number of ketones is 1. The number of hydrogen-bond acceptors (Lipinski definition) is 1. The quantitative estimate of drug-likeness (QED) is 0.576. The maximum absolute atomic E-state index is 13.2. The van der Waals surface area contributed by atoms with Crippen LogP contribution >= 0.6 is 0 Å². The Labute approximate surface area is 171 Å². The molecule has 3 rings (SSSR count). The first-order valence-corrected chi connectivity index (χ1v) is 11.0. The first-order chi connectivity index (χ1) is 13.5. The minimum absolute atomic E-state index is 0.397. The van der Waals surface area contributed by atoms with Gasteiger partial charge in [-0.1, -0.05) is 49.4 Å². The molecule has 0 radical (unpaired) electrons. The average Bonchev–Trinajstić information content (AvgIpc) is 2.90. The molecule has 1 aliphatic rings. The van der Waals surface area contributed by atoms with Gasteiger partial charge in [0.1, 0.15) is 13.1 Å². The molecule has 1 aliphatic heterocycles. The number of aryl methyl sites for hydroxylation is 3. The third-order valence-corrected chi connectivity index (χ3v) is 6.43. The van der Waals surface area contributed by atoms with Crippen molar-refractivity contribution in [1.82, 2.24) is 0 Å². The SMILES string of the molecule is CCc1cc(C)c(CC(=O)C[N+]2(Cc3ccccc3)CCCCCC2)c(C)c1. The van der Waals surface area contributed by atoms with Crippen LogP contribution < -0.4 is 0 Å². The number of hydrogen-bond donors (Lipinski definition) is 0. The molecule has 2 nitrogen and oxygen atoms in total. The lowest BCUT2D eigenvalue weighted by Gasteiger charge is -2.37. The molecule has 1 fully saturated rings. The fourth-order valence-electron chi connectivity index (χ4n) is 4.90. The molecule has 0 aliphatic carbocycles. The van der Waals surface area contributed by atoms with E-state index in [0.717, 1.165) is 30.5 Å². The molecule has 0 spiro atoms. The molecular weight excluding hydrogens is 342 g/mol. The van der Waals surface area contributed by atoms with Gasteiger partial charge in [-0.05, 0) is 68.2 Å². The lowest BCUT2D eigenvalue weighted by Crippen LogP contribution is -2.51. The van der Waals surface area contributed by atoms with Crippen LogP contribution in [0.25, 0.3) is 0 Å². The molecular formula is C26H36NO+. The van der Waals surface area contributed by atoms with Crippen molar-refractivity contribution in [3.63, 3.8) is 0 Å². The number of carbonyl (C=O) groups is 1. The summed E-state index contributed by atoms with van der Waals surface area (Å²) in [6.45, 7) is 10.4. The molecule has 150 valence electrons. The Kier molecular flexibility index (Phi) is 7.07. The Morgan fingerprint density at radius 2 is 1.50 bits per heavy atom. The Hall–Kier alpha value is -1.93. The monoisotopic (exact) mass is 378 g/mol. The number of rotatable bonds is 7. The highest BCUT2D eigenvalue weighted by Gasteiger charge is 2.31. The topological polar surface area (TPSA) is 17.1 Å². The third kappa shape index (κ3) is 5.32. The fraction of sp³-hybridized carbons (Fsp3) is 0.500. The molecule has 28 heavy (non-hydrogen) atoms. The summed E-state index contributed by atoms with van der Waals surface area (Å²) >= 11 is 0. The van der Waals surface area contributed by atoms with Crippen molar-refractivity contribution in [2.24, 2.45) is 0 Å². The summed E-state index contributed by atoms with van der Waals surface area (Å²) in [7, 11) is 0. The summed E-state index contributed by atoms with van der Waals surface area (Å²) in [6.07, 6.45) is 6.72. The highest BCUT2D eigenvalue weighted by molar-refractivity contribution is 5.82. The average molecular weight is 379 g/mol. The van der Waals surface area contributed by atoms with Gasteiger partial charge in [0.25, 0.3) is 0 Å². The van der Waals surface area contributed by atoms with E-state index in [9.17, 15) is 4.79 Å². The third-order valence-electron chi connectivity index (χ3n) is 6.43. The first kappa shape index (κ1) is 20.8. The predicted molar refractivity (Wildman–Crippen MR) is 117 cm³/mol. The summed E-state index contributed by atoms with van der Waals surface area (Å²) in [6, 6.07) is 15.3. The van der Waals surface area contributed by atoms with Gasteiger partial charge >= 0.3 is 0 Å². The van der Waals surface area contributed by atoms with Gasteiger partial charge in [0.2, 0.25) is 0 Å². The van der Waals surface area contributed by atoms with Crippen LogP contribution in [0.5, 0.6) is 0 Å². The zero-order valence-corrected chi connectivity index (χ0v) is 18.0. The number of benzene rings is 2. The molecule has 2 aromatic rings. The van der Waals surface area contributed by atoms with Gasteiger partial charge in [-0.2, -0.15) is 0 Å². The van der Waals surface area contributed by atoms with Crippen molar-refractivity contribution in [3.8, 4) is 0 Å². The highest BCUT2D eigenvalue weighted by atomic mass is 16.1. The number of Topliss-reactive ketones (excluding diaryl/α,β-unsaturated/α-hetero) is 1. The molecule has 0 N–H and O–H groups in total. The minimum atomic E-state index is 0.397. The van der Waals surface area contributed by atoms with Gasteiger partial charge in [0.05, 0.1) is 13.1 Å². The second-order valence-electron chi connectivity index (χ2n) is 8.78. The van der Waals surface area contributed by atoms with Crippen LogP contribution in [0.2, 0.25) is 0 Å². The maximum atomic E-state index is 13.2. The number of likely N-dealkylation sites (tertiary alicyclic amines) is 1. The Morgan fingerprint density at radius 3 is 2.07 bits per heavy atom. The number of carbonyl (C=O) groups excluding carboxylic acids is 1. The summed E-state index contributed by atoms with van der Waals surface area (Å²) < 4.78 is 0.938. The van der Waals surface area contributed by atoms with Gasteiger partial charge in [-0.15, -0.1) is 0 Å². The summed E-state index contributed by atoms with van der Waals surface area (Å²) in [5.41, 5.74) is 6.52. The van der Waals surface area contributed by atoms with E-state index < -0.39 is 0 Å². The zero-order chi connectivity index (χ0) is 20.0. The van der Waals surface area contributed by atoms with Gasteiger partial charge in [-0.3, -0.25) is 4.79 Å². The van der Waals surface area contributed by atoms with E-state index in [1.54, 1.807) is 0 Å². The van der Waals surface area contributed by atoms with Gasteiger partial charge in [-0.25, -0.2) is 0 Å². The van der Waals surface area contributed by atoms with E-state index in [1.165, 1.54) is 53.5 Å². The second-order valence-corrected chi connectivity index (χ2v) is 8.78. The molecule has 0 unspecified atom stereocenters. The van der Waals surface area contributed by atoms with Crippen molar-refractivity contribution >= 4 is 5.78 Å². The van der Waals surface area contributed by atoms with Crippen LogP contribution in [-0.4, -0.2) is 29.9 Å².